The number of nitrogens with zero attached hydrogens (tertiary/aromatic N) is 2. The molecule has 3 heterocycles. The van der Waals surface area contributed by atoms with Gasteiger partial charge < -0.3 is 10.7 Å². The standard InChI is InChI=1S/C14H14F2N4/c1-7-2-8(4-15)12(20-13(7)17)11-6-19-14-10(11)3-9(16)5-18-14/h2-3,5-6,8,12H,4H2,1H3,(H2,17,20)(H,18,19). The van der Waals surface area contributed by atoms with Gasteiger partial charge in [0, 0.05) is 23.1 Å². The van der Waals surface area contributed by atoms with Gasteiger partial charge in [-0.05, 0) is 18.6 Å². The lowest BCUT2D eigenvalue weighted by atomic mass is 9.90. The number of nitrogens with two attached hydrogens (primary N) is 1. The Morgan fingerprint density at radius 3 is 3.00 bits per heavy atom. The molecule has 4 nitrogen and oxygen atoms in total. The fourth-order valence-corrected chi connectivity index (χ4v) is 2.52. The summed E-state index contributed by atoms with van der Waals surface area (Å²) in [6.45, 7) is 1.25. The summed E-state index contributed by atoms with van der Waals surface area (Å²) in [5.74, 6) is -0.447. The van der Waals surface area contributed by atoms with Crippen LogP contribution in [0.15, 0.2) is 35.1 Å². The molecule has 0 saturated carbocycles. The number of aromatic nitrogens is 2. The first-order valence-corrected chi connectivity index (χ1v) is 6.30. The van der Waals surface area contributed by atoms with E-state index in [9.17, 15) is 8.78 Å². The van der Waals surface area contributed by atoms with Crippen LogP contribution in [0.25, 0.3) is 11.0 Å². The minimum absolute atomic E-state index is 0.387. The Labute approximate surface area is 114 Å². The van der Waals surface area contributed by atoms with Crippen LogP contribution in [0.5, 0.6) is 0 Å². The molecule has 0 saturated heterocycles. The van der Waals surface area contributed by atoms with Crippen molar-refractivity contribution < 1.29 is 8.78 Å². The number of dihydropyridines is 1. The third-order valence-electron chi connectivity index (χ3n) is 3.58. The van der Waals surface area contributed by atoms with Gasteiger partial charge in [0.15, 0.2) is 0 Å². The molecule has 20 heavy (non-hydrogen) atoms. The fraction of sp³-hybridized carbons (Fsp3) is 0.286. The Balaban J connectivity index is 2.12. The molecule has 2 unspecified atom stereocenters. The summed E-state index contributed by atoms with van der Waals surface area (Å²) in [6.07, 6.45) is 4.60. The van der Waals surface area contributed by atoms with Gasteiger partial charge in [-0.15, -0.1) is 0 Å². The van der Waals surface area contributed by atoms with Crippen molar-refractivity contribution in [2.75, 3.05) is 6.67 Å². The summed E-state index contributed by atoms with van der Waals surface area (Å²) < 4.78 is 26.6. The van der Waals surface area contributed by atoms with E-state index in [1.54, 1.807) is 19.2 Å². The lowest BCUT2D eigenvalue weighted by Crippen LogP contribution is -2.24. The second-order valence-corrected chi connectivity index (χ2v) is 4.92. The summed E-state index contributed by atoms with van der Waals surface area (Å²) in [7, 11) is 0. The van der Waals surface area contributed by atoms with Crippen LogP contribution in [0.3, 0.4) is 0 Å². The lowest BCUT2D eigenvalue weighted by molar-refractivity contribution is 0.367. The van der Waals surface area contributed by atoms with Gasteiger partial charge in [0.25, 0.3) is 0 Å². The molecule has 0 aromatic carbocycles. The van der Waals surface area contributed by atoms with Crippen molar-refractivity contribution in [3.8, 4) is 0 Å². The van der Waals surface area contributed by atoms with E-state index < -0.39 is 24.5 Å². The van der Waals surface area contributed by atoms with Crippen LogP contribution in [-0.4, -0.2) is 22.5 Å². The van der Waals surface area contributed by atoms with E-state index in [1.807, 2.05) is 0 Å². The Kier molecular flexibility index (Phi) is 3.00. The maximum absolute atomic E-state index is 13.4. The molecule has 0 fully saturated rings. The van der Waals surface area contributed by atoms with Crippen LogP contribution in [-0.2, 0) is 0 Å². The number of pyridine rings is 1. The highest BCUT2D eigenvalue weighted by Gasteiger charge is 2.28. The monoisotopic (exact) mass is 276 g/mol. The number of hydrogen-bond donors (Lipinski definition) is 2. The summed E-state index contributed by atoms with van der Waals surface area (Å²) >= 11 is 0. The summed E-state index contributed by atoms with van der Waals surface area (Å²) in [4.78, 5) is 11.3. The zero-order valence-corrected chi connectivity index (χ0v) is 10.9. The lowest BCUT2D eigenvalue weighted by Gasteiger charge is -2.24. The molecule has 2 aromatic heterocycles. The predicted octanol–water partition coefficient (Wildman–Crippen LogP) is 2.65. The van der Waals surface area contributed by atoms with Crippen LogP contribution >= 0.6 is 0 Å². The van der Waals surface area contributed by atoms with Crippen molar-refractivity contribution in [1.82, 2.24) is 9.97 Å². The predicted molar refractivity (Wildman–Crippen MR) is 73.6 cm³/mol. The maximum Gasteiger partial charge on any atom is 0.142 e. The number of amidine groups is 1. The molecule has 2 atom stereocenters. The maximum atomic E-state index is 13.4. The summed E-state index contributed by atoms with van der Waals surface area (Å²) in [6, 6.07) is 0.918. The molecule has 0 bridgehead atoms. The Morgan fingerprint density at radius 1 is 1.45 bits per heavy atom. The van der Waals surface area contributed by atoms with E-state index >= 15 is 0 Å². The van der Waals surface area contributed by atoms with Crippen LogP contribution in [0, 0.1) is 11.7 Å². The molecule has 1 aliphatic heterocycles. The third-order valence-corrected chi connectivity index (χ3v) is 3.58. The number of hydrogen-bond acceptors (Lipinski definition) is 3. The van der Waals surface area contributed by atoms with E-state index in [1.165, 1.54) is 6.07 Å². The van der Waals surface area contributed by atoms with E-state index in [0.29, 0.717) is 22.4 Å². The minimum Gasteiger partial charge on any atom is -0.384 e. The van der Waals surface area contributed by atoms with Crippen molar-refractivity contribution in [2.24, 2.45) is 16.6 Å². The normalized spacial score (nSPS) is 22.8. The van der Waals surface area contributed by atoms with E-state index in [2.05, 4.69) is 15.0 Å². The van der Waals surface area contributed by atoms with E-state index in [4.69, 9.17) is 5.73 Å². The minimum atomic E-state index is -0.547. The molecule has 2 aromatic rings. The molecule has 0 amide bonds. The van der Waals surface area contributed by atoms with Gasteiger partial charge in [0.2, 0.25) is 0 Å². The topological polar surface area (TPSA) is 67.1 Å². The summed E-state index contributed by atoms with van der Waals surface area (Å²) in [5, 5.41) is 0.609. The molecule has 3 N–H and O–H groups in total. The molecule has 0 spiro atoms. The number of fused-ring (bicyclic) bond motifs is 1. The smallest absolute Gasteiger partial charge is 0.142 e. The van der Waals surface area contributed by atoms with Gasteiger partial charge in [-0.25, -0.2) is 9.37 Å². The van der Waals surface area contributed by atoms with Crippen molar-refractivity contribution in [3.63, 3.8) is 0 Å². The van der Waals surface area contributed by atoms with Gasteiger partial charge in [-0.2, -0.15) is 0 Å². The van der Waals surface area contributed by atoms with Crippen LogP contribution in [0.4, 0.5) is 8.78 Å². The van der Waals surface area contributed by atoms with Gasteiger partial charge in [0.1, 0.15) is 17.3 Å². The third kappa shape index (κ3) is 1.97. The van der Waals surface area contributed by atoms with E-state index in [-0.39, 0.29) is 0 Å². The number of aromatic amines is 1. The molecule has 6 heteroatoms. The van der Waals surface area contributed by atoms with E-state index in [0.717, 1.165) is 11.8 Å². The first-order valence-electron chi connectivity index (χ1n) is 6.30. The van der Waals surface area contributed by atoms with Crippen LogP contribution in [0.1, 0.15) is 18.5 Å². The number of rotatable bonds is 2. The Bertz CT molecular complexity index is 717. The highest BCUT2D eigenvalue weighted by molar-refractivity contribution is 5.97. The molecule has 0 radical (unpaired) electrons. The first-order chi connectivity index (χ1) is 9.60. The highest BCUT2D eigenvalue weighted by Crippen LogP contribution is 2.35. The van der Waals surface area contributed by atoms with Crippen molar-refractivity contribution >= 4 is 16.9 Å². The number of halogens is 2. The number of nitrogens with one attached hydrogen (secondary N) is 1. The quantitative estimate of drug-likeness (QED) is 0.885. The largest absolute Gasteiger partial charge is 0.384 e. The number of alkyl halides is 1. The number of H-pyrrole nitrogens is 1. The average molecular weight is 276 g/mol. The zero-order chi connectivity index (χ0) is 14.3. The van der Waals surface area contributed by atoms with Crippen LogP contribution in [0.2, 0.25) is 0 Å². The molecule has 3 rings (SSSR count). The second kappa shape index (κ2) is 4.70. The van der Waals surface area contributed by atoms with Crippen molar-refractivity contribution in [3.05, 3.63) is 41.5 Å². The fourth-order valence-electron chi connectivity index (χ4n) is 2.52. The molecule has 104 valence electrons. The second-order valence-electron chi connectivity index (χ2n) is 4.92. The molecular formula is C14H14F2N4. The Hall–Kier alpha value is -2.24. The molecular weight excluding hydrogens is 262 g/mol. The number of aliphatic imine (C=N–C) groups is 1. The van der Waals surface area contributed by atoms with Crippen molar-refractivity contribution in [2.45, 2.75) is 13.0 Å². The molecule has 0 aliphatic carbocycles. The average Bonchev–Trinajstić information content (AvgIpc) is 2.84. The van der Waals surface area contributed by atoms with Gasteiger partial charge in [-0.1, -0.05) is 6.08 Å². The summed E-state index contributed by atoms with van der Waals surface area (Å²) in [5.41, 5.74) is 7.86. The van der Waals surface area contributed by atoms with Crippen LogP contribution < -0.4 is 5.73 Å². The SMILES string of the molecule is CC1=CC(CF)C(c2c[nH]c3ncc(F)cc23)N=C1N. The first kappa shape index (κ1) is 12.8. The van der Waals surface area contributed by atoms with Gasteiger partial charge >= 0.3 is 0 Å². The zero-order valence-electron chi connectivity index (χ0n) is 10.9. The van der Waals surface area contributed by atoms with Gasteiger partial charge in [0.05, 0.1) is 18.9 Å². The van der Waals surface area contributed by atoms with Gasteiger partial charge in [-0.3, -0.25) is 9.38 Å². The highest BCUT2D eigenvalue weighted by atomic mass is 19.1. The van der Waals surface area contributed by atoms with Crippen molar-refractivity contribution in [1.29, 1.82) is 0 Å². The Morgan fingerprint density at radius 2 is 2.25 bits per heavy atom. The molecule has 1 aliphatic rings.